The third kappa shape index (κ3) is 6.57. The van der Waals surface area contributed by atoms with Crippen molar-refractivity contribution < 1.29 is 29.1 Å². The predicted octanol–water partition coefficient (Wildman–Crippen LogP) is -1.02. The van der Waals surface area contributed by atoms with Gasteiger partial charge in [-0.1, -0.05) is 18.2 Å². The van der Waals surface area contributed by atoms with E-state index in [-0.39, 0.29) is 19.3 Å². The highest BCUT2D eigenvalue weighted by Crippen LogP contribution is 2.20. The quantitative estimate of drug-likeness (QED) is 0.233. The van der Waals surface area contributed by atoms with Gasteiger partial charge in [0.05, 0.1) is 12.6 Å². The van der Waals surface area contributed by atoms with Gasteiger partial charge in [0.1, 0.15) is 12.1 Å². The lowest BCUT2D eigenvalue weighted by atomic mass is 10.0. The molecule has 8 N–H and O–H groups in total. The third-order valence-corrected chi connectivity index (χ3v) is 6.04. The van der Waals surface area contributed by atoms with Gasteiger partial charge in [-0.05, 0) is 30.9 Å². The number of nitrogens with zero attached hydrogens (tertiary/aromatic N) is 1. The highest BCUT2D eigenvalue weighted by Gasteiger charge is 2.34. The van der Waals surface area contributed by atoms with Gasteiger partial charge in [0.25, 0.3) is 0 Å². The van der Waals surface area contributed by atoms with Crippen molar-refractivity contribution >= 4 is 40.5 Å². The van der Waals surface area contributed by atoms with Crippen LogP contribution in [0.3, 0.4) is 0 Å². The molecule has 3 unspecified atom stereocenters. The Morgan fingerprint density at radius 2 is 1.91 bits per heavy atom. The number of para-hydroxylation sites is 1. The summed E-state index contributed by atoms with van der Waals surface area (Å²) in [6.45, 7) is -0.105. The molecule has 1 aromatic heterocycles. The topological polar surface area (TPSA) is 201 Å². The molecule has 3 rings (SSSR count). The normalized spacial score (nSPS) is 17.1. The van der Waals surface area contributed by atoms with Gasteiger partial charge in [0.15, 0.2) is 0 Å². The Kier molecular flexibility index (Phi) is 8.42. The zero-order valence-corrected chi connectivity index (χ0v) is 19.2. The average Bonchev–Trinajstić information content (AvgIpc) is 3.48. The number of amides is 4. The van der Waals surface area contributed by atoms with E-state index in [0.29, 0.717) is 19.4 Å². The number of carboxylic acid groups (broad SMARTS) is 1. The lowest BCUT2D eigenvalue weighted by Crippen LogP contribution is -2.54. The van der Waals surface area contributed by atoms with Gasteiger partial charge in [-0.2, -0.15) is 0 Å². The molecular formula is C23H30N6O6. The van der Waals surface area contributed by atoms with Gasteiger partial charge in [0.2, 0.25) is 23.6 Å². The molecule has 3 atom stereocenters. The maximum absolute atomic E-state index is 13.0. The first kappa shape index (κ1) is 25.7. The number of nitrogens with one attached hydrogen (secondary N) is 3. The Bertz CT molecular complexity index is 1110. The number of likely N-dealkylation sites (tertiary alicyclic amines) is 1. The molecule has 35 heavy (non-hydrogen) atoms. The number of rotatable bonds is 11. The fourth-order valence-corrected chi connectivity index (χ4v) is 4.15. The number of aromatic nitrogens is 1. The molecule has 1 fully saturated rings. The number of hydrogen-bond donors (Lipinski definition) is 6. The number of nitrogens with two attached hydrogens (primary N) is 2. The van der Waals surface area contributed by atoms with Crippen LogP contribution in [-0.2, 0) is 30.4 Å². The van der Waals surface area contributed by atoms with Crippen LogP contribution in [0.5, 0.6) is 0 Å². The largest absolute Gasteiger partial charge is 0.480 e. The van der Waals surface area contributed by atoms with E-state index in [1.165, 1.54) is 4.90 Å². The summed E-state index contributed by atoms with van der Waals surface area (Å²) >= 11 is 0. The Hall–Kier alpha value is -3.93. The lowest BCUT2D eigenvalue weighted by Gasteiger charge is -2.23. The van der Waals surface area contributed by atoms with E-state index in [2.05, 4.69) is 15.6 Å². The van der Waals surface area contributed by atoms with Crippen molar-refractivity contribution in [3.8, 4) is 0 Å². The van der Waals surface area contributed by atoms with E-state index in [9.17, 15) is 29.1 Å². The van der Waals surface area contributed by atoms with Crippen LogP contribution in [0.4, 0.5) is 0 Å². The van der Waals surface area contributed by atoms with E-state index in [1.54, 1.807) is 6.20 Å². The number of aliphatic carboxylic acids is 1. The number of carbonyl (C=O) groups is 5. The molecule has 12 nitrogen and oxygen atoms in total. The van der Waals surface area contributed by atoms with Gasteiger partial charge < -0.3 is 37.1 Å². The van der Waals surface area contributed by atoms with E-state index in [0.717, 1.165) is 16.5 Å². The molecule has 0 saturated carbocycles. The highest BCUT2D eigenvalue weighted by molar-refractivity contribution is 5.94. The maximum atomic E-state index is 13.0. The second kappa shape index (κ2) is 11.5. The first-order valence-corrected chi connectivity index (χ1v) is 11.4. The Labute approximate surface area is 201 Å². The summed E-state index contributed by atoms with van der Waals surface area (Å²) in [6, 6.07) is 4.43. The van der Waals surface area contributed by atoms with Crippen LogP contribution >= 0.6 is 0 Å². The molecule has 188 valence electrons. The van der Waals surface area contributed by atoms with Crippen LogP contribution in [0.2, 0.25) is 0 Å². The van der Waals surface area contributed by atoms with Crippen LogP contribution < -0.4 is 22.1 Å². The second-order valence-electron chi connectivity index (χ2n) is 8.54. The first-order chi connectivity index (χ1) is 16.7. The number of aromatic amines is 1. The molecule has 4 amide bonds. The van der Waals surface area contributed by atoms with Crippen LogP contribution in [0.15, 0.2) is 30.5 Å². The second-order valence-corrected chi connectivity index (χ2v) is 8.54. The molecule has 2 aromatic rings. The summed E-state index contributed by atoms with van der Waals surface area (Å²) in [5.74, 6) is -3.45. The van der Waals surface area contributed by atoms with Gasteiger partial charge in [-0.25, -0.2) is 4.79 Å². The van der Waals surface area contributed by atoms with Gasteiger partial charge in [-0.3, -0.25) is 19.2 Å². The molecule has 1 aliphatic rings. The van der Waals surface area contributed by atoms with Crippen molar-refractivity contribution in [3.05, 3.63) is 36.0 Å². The molecule has 0 radical (unpaired) electrons. The molecular weight excluding hydrogens is 456 g/mol. The van der Waals surface area contributed by atoms with E-state index in [1.807, 2.05) is 24.3 Å². The minimum atomic E-state index is -1.09. The SMILES string of the molecule is NC(=O)CCC(N)C(=O)NC(Cc1c[nH]c2ccccc12)C(=O)NCC(=O)N1CCCC1C(=O)O. The number of benzene rings is 1. The van der Waals surface area contributed by atoms with Crippen molar-refractivity contribution in [1.82, 2.24) is 20.5 Å². The van der Waals surface area contributed by atoms with Crippen LogP contribution in [0, 0.1) is 0 Å². The molecule has 2 heterocycles. The van der Waals surface area contributed by atoms with Crippen molar-refractivity contribution in [2.45, 2.75) is 50.2 Å². The smallest absolute Gasteiger partial charge is 0.326 e. The average molecular weight is 487 g/mol. The molecule has 1 aliphatic heterocycles. The summed E-state index contributed by atoms with van der Waals surface area (Å²) in [5, 5.41) is 15.3. The zero-order chi connectivity index (χ0) is 25.5. The molecule has 0 bridgehead atoms. The molecule has 1 saturated heterocycles. The molecule has 0 spiro atoms. The van der Waals surface area contributed by atoms with Gasteiger partial charge >= 0.3 is 5.97 Å². The Morgan fingerprint density at radius 3 is 2.63 bits per heavy atom. The van der Waals surface area contributed by atoms with Crippen molar-refractivity contribution in [2.75, 3.05) is 13.1 Å². The maximum Gasteiger partial charge on any atom is 0.326 e. The number of carbonyl (C=O) groups excluding carboxylic acids is 4. The minimum absolute atomic E-state index is 0.0205. The monoisotopic (exact) mass is 486 g/mol. The summed E-state index contributed by atoms with van der Waals surface area (Å²) in [7, 11) is 0. The predicted molar refractivity (Wildman–Crippen MR) is 126 cm³/mol. The Balaban J connectivity index is 1.70. The van der Waals surface area contributed by atoms with Crippen LogP contribution in [-0.4, -0.2) is 75.8 Å². The number of carboxylic acids is 1. The summed E-state index contributed by atoms with van der Waals surface area (Å²) in [5.41, 5.74) is 12.6. The summed E-state index contributed by atoms with van der Waals surface area (Å²) in [4.78, 5) is 64.9. The van der Waals surface area contributed by atoms with Crippen molar-refractivity contribution in [1.29, 1.82) is 0 Å². The summed E-state index contributed by atoms with van der Waals surface area (Å²) < 4.78 is 0. The number of hydrogen-bond acceptors (Lipinski definition) is 6. The van der Waals surface area contributed by atoms with Crippen LogP contribution in [0.25, 0.3) is 10.9 Å². The van der Waals surface area contributed by atoms with Gasteiger partial charge in [-0.15, -0.1) is 0 Å². The molecule has 0 aliphatic carbocycles. The van der Waals surface area contributed by atoms with E-state index < -0.39 is 54.3 Å². The lowest BCUT2D eigenvalue weighted by molar-refractivity contribution is -0.148. The number of fused-ring (bicyclic) bond motifs is 1. The third-order valence-electron chi connectivity index (χ3n) is 6.04. The highest BCUT2D eigenvalue weighted by atomic mass is 16.4. The van der Waals surface area contributed by atoms with Crippen LogP contribution in [0.1, 0.15) is 31.2 Å². The number of H-pyrrole nitrogens is 1. The number of primary amides is 1. The van der Waals surface area contributed by atoms with Gasteiger partial charge in [0, 0.05) is 36.5 Å². The molecule has 1 aromatic carbocycles. The van der Waals surface area contributed by atoms with E-state index in [4.69, 9.17) is 11.5 Å². The minimum Gasteiger partial charge on any atom is -0.480 e. The molecule has 12 heteroatoms. The fourth-order valence-electron chi connectivity index (χ4n) is 4.15. The Morgan fingerprint density at radius 1 is 1.17 bits per heavy atom. The summed E-state index contributed by atoms with van der Waals surface area (Å²) in [6.07, 6.45) is 2.71. The van der Waals surface area contributed by atoms with Crippen molar-refractivity contribution in [3.63, 3.8) is 0 Å². The fraction of sp³-hybridized carbons (Fsp3) is 0.435. The standard InChI is InChI=1S/C23H30N6O6/c24-15(7-8-19(25)30)21(32)28-17(10-13-11-26-16-5-2-1-4-14(13)16)22(33)27-12-20(31)29-9-3-6-18(29)23(34)35/h1-2,4-5,11,15,17-18,26H,3,6-10,12,24H2,(H2,25,30)(H,27,33)(H,28,32)(H,34,35). The first-order valence-electron chi connectivity index (χ1n) is 11.4. The van der Waals surface area contributed by atoms with Crippen molar-refractivity contribution in [2.24, 2.45) is 11.5 Å². The van der Waals surface area contributed by atoms with E-state index >= 15 is 0 Å². The zero-order valence-electron chi connectivity index (χ0n) is 19.2.